The standard InChI is InChI=1S/C22H23N3O2S/c1-17(2)16-18-11-13-20(14-12-18)28(26,27)25-24-22(19-8-4-3-5-9-19)21-10-6-7-15-23-21/h3-15,17,25H,16H2,1-2H3/b24-22-. The van der Waals surface area contributed by atoms with Crippen LogP contribution >= 0.6 is 0 Å². The van der Waals surface area contributed by atoms with Gasteiger partial charge < -0.3 is 0 Å². The van der Waals surface area contributed by atoms with Gasteiger partial charge in [-0.05, 0) is 42.2 Å². The number of rotatable bonds is 7. The van der Waals surface area contributed by atoms with Crippen LogP contribution in [0, 0.1) is 5.92 Å². The third-order valence-electron chi connectivity index (χ3n) is 4.11. The lowest BCUT2D eigenvalue weighted by atomic mass is 10.0. The van der Waals surface area contributed by atoms with Crippen LogP contribution in [0.1, 0.15) is 30.7 Å². The fourth-order valence-electron chi connectivity index (χ4n) is 2.80. The fraction of sp³-hybridized carbons (Fsp3) is 0.182. The van der Waals surface area contributed by atoms with Gasteiger partial charge in [0.2, 0.25) is 0 Å². The van der Waals surface area contributed by atoms with Crippen LogP contribution in [0.2, 0.25) is 0 Å². The number of hydrogen-bond acceptors (Lipinski definition) is 4. The van der Waals surface area contributed by atoms with Gasteiger partial charge in [-0.15, -0.1) is 0 Å². The van der Waals surface area contributed by atoms with Crippen molar-refractivity contribution in [3.05, 3.63) is 95.8 Å². The van der Waals surface area contributed by atoms with Crippen LogP contribution < -0.4 is 4.83 Å². The highest BCUT2D eigenvalue weighted by Gasteiger charge is 2.15. The molecule has 0 spiro atoms. The lowest BCUT2D eigenvalue weighted by Gasteiger charge is -2.09. The predicted molar refractivity (Wildman–Crippen MR) is 112 cm³/mol. The molecule has 0 aliphatic carbocycles. The van der Waals surface area contributed by atoms with E-state index in [0.717, 1.165) is 17.5 Å². The molecular formula is C22H23N3O2S. The van der Waals surface area contributed by atoms with Gasteiger partial charge in [0.15, 0.2) is 0 Å². The van der Waals surface area contributed by atoms with Crippen molar-refractivity contribution in [1.82, 2.24) is 9.82 Å². The van der Waals surface area contributed by atoms with Gasteiger partial charge in [0, 0.05) is 11.8 Å². The Morgan fingerprint density at radius 2 is 1.64 bits per heavy atom. The van der Waals surface area contributed by atoms with Gasteiger partial charge in [0.25, 0.3) is 10.0 Å². The summed E-state index contributed by atoms with van der Waals surface area (Å²) in [6.45, 7) is 4.26. The molecule has 0 radical (unpaired) electrons. The number of pyridine rings is 1. The average Bonchev–Trinajstić information content (AvgIpc) is 2.70. The molecular weight excluding hydrogens is 370 g/mol. The molecule has 0 aliphatic rings. The highest BCUT2D eigenvalue weighted by Crippen LogP contribution is 2.14. The molecule has 0 saturated carbocycles. The Morgan fingerprint density at radius 3 is 2.25 bits per heavy atom. The molecule has 1 N–H and O–H groups in total. The molecule has 0 bridgehead atoms. The summed E-state index contributed by atoms with van der Waals surface area (Å²) in [5.74, 6) is 0.511. The summed E-state index contributed by atoms with van der Waals surface area (Å²) < 4.78 is 25.4. The van der Waals surface area contributed by atoms with Gasteiger partial charge in [-0.1, -0.05) is 62.4 Å². The lowest BCUT2D eigenvalue weighted by molar-refractivity contribution is 0.584. The molecule has 3 aromatic rings. The van der Waals surface area contributed by atoms with Crippen LogP contribution in [-0.2, 0) is 16.4 Å². The number of aromatic nitrogens is 1. The Labute approximate surface area is 166 Å². The summed E-state index contributed by atoms with van der Waals surface area (Å²) >= 11 is 0. The van der Waals surface area contributed by atoms with Gasteiger partial charge in [0.1, 0.15) is 5.71 Å². The normalized spacial score (nSPS) is 12.2. The maximum absolute atomic E-state index is 12.7. The van der Waals surface area contributed by atoms with Crippen LogP contribution in [0.25, 0.3) is 0 Å². The number of hydrazone groups is 1. The van der Waals surface area contributed by atoms with Crippen molar-refractivity contribution in [3.8, 4) is 0 Å². The number of nitrogens with zero attached hydrogens (tertiary/aromatic N) is 2. The molecule has 28 heavy (non-hydrogen) atoms. The van der Waals surface area contributed by atoms with Crippen molar-refractivity contribution in [2.45, 2.75) is 25.2 Å². The Kier molecular flexibility index (Phi) is 6.21. The largest absolute Gasteiger partial charge is 0.276 e. The molecule has 0 unspecified atom stereocenters. The second-order valence-electron chi connectivity index (χ2n) is 6.88. The van der Waals surface area contributed by atoms with E-state index in [-0.39, 0.29) is 4.90 Å². The number of nitrogens with one attached hydrogen (secondary N) is 1. The quantitative estimate of drug-likeness (QED) is 0.487. The lowest BCUT2D eigenvalue weighted by Crippen LogP contribution is -2.21. The molecule has 1 heterocycles. The first kappa shape index (κ1) is 19.8. The van der Waals surface area contributed by atoms with Gasteiger partial charge in [0.05, 0.1) is 10.6 Å². The van der Waals surface area contributed by atoms with Crippen LogP contribution in [0.4, 0.5) is 0 Å². The van der Waals surface area contributed by atoms with Crippen molar-refractivity contribution in [3.63, 3.8) is 0 Å². The van der Waals surface area contributed by atoms with E-state index in [4.69, 9.17) is 0 Å². The van der Waals surface area contributed by atoms with E-state index in [1.807, 2.05) is 48.5 Å². The summed E-state index contributed by atoms with van der Waals surface area (Å²) in [6.07, 6.45) is 2.56. The first-order chi connectivity index (χ1) is 13.5. The molecule has 0 atom stereocenters. The minimum atomic E-state index is -3.78. The summed E-state index contributed by atoms with van der Waals surface area (Å²) in [5.41, 5.74) is 2.93. The Bertz CT molecular complexity index is 989. The van der Waals surface area contributed by atoms with Crippen LogP contribution in [0.15, 0.2) is 89.0 Å². The average molecular weight is 394 g/mol. The zero-order valence-corrected chi connectivity index (χ0v) is 16.7. The molecule has 0 fully saturated rings. The molecule has 0 saturated heterocycles. The van der Waals surface area contributed by atoms with E-state index < -0.39 is 10.0 Å². The van der Waals surface area contributed by atoms with Gasteiger partial charge >= 0.3 is 0 Å². The minimum Gasteiger partial charge on any atom is -0.255 e. The van der Waals surface area contributed by atoms with Gasteiger partial charge in [-0.2, -0.15) is 18.4 Å². The first-order valence-electron chi connectivity index (χ1n) is 9.11. The van der Waals surface area contributed by atoms with Crippen molar-refractivity contribution >= 4 is 15.7 Å². The Hall–Kier alpha value is -2.99. The van der Waals surface area contributed by atoms with Crippen molar-refractivity contribution in [2.75, 3.05) is 0 Å². The Balaban J connectivity index is 1.89. The van der Waals surface area contributed by atoms with Crippen molar-refractivity contribution < 1.29 is 8.42 Å². The summed E-state index contributed by atoms with van der Waals surface area (Å²) in [7, 11) is -3.78. The summed E-state index contributed by atoms with van der Waals surface area (Å²) in [5, 5.41) is 4.20. The maximum atomic E-state index is 12.7. The van der Waals surface area contributed by atoms with E-state index in [0.29, 0.717) is 17.3 Å². The highest BCUT2D eigenvalue weighted by molar-refractivity contribution is 7.89. The second kappa shape index (κ2) is 8.80. The van der Waals surface area contributed by atoms with E-state index in [9.17, 15) is 8.42 Å². The van der Waals surface area contributed by atoms with E-state index in [1.165, 1.54) is 0 Å². The molecule has 5 nitrogen and oxygen atoms in total. The van der Waals surface area contributed by atoms with Crippen LogP contribution in [-0.4, -0.2) is 19.1 Å². The van der Waals surface area contributed by atoms with Gasteiger partial charge in [-0.25, -0.2) is 0 Å². The van der Waals surface area contributed by atoms with E-state index >= 15 is 0 Å². The maximum Gasteiger partial charge on any atom is 0.276 e. The molecule has 3 rings (SSSR count). The SMILES string of the molecule is CC(C)Cc1ccc(S(=O)(=O)N/N=C(/c2ccccc2)c2ccccn2)cc1. The van der Waals surface area contributed by atoms with Crippen molar-refractivity contribution in [2.24, 2.45) is 11.0 Å². The van der Waals surface area contributed by atoms with Crippen LogP contribution in [0.3, 0.4) is 0 Å². The Morgan fingerprint density at radius 1 is 0.964 bits per heavy atom. The van der Waals surface area contributed by atoms with Gasteiger partial charge in [-0.3, -0.25) is 4.98 Å². The van der Waals surface area contributed by atoms with E-state index in [1.54, 1.807) is 30.5 Å². The summed E-state index contributed by atoms with van der Waals surface area (Å²) in [4.78, 5) is 6.83. The highest BCUT2D eigenvalue weighted by atomic mass is 32.2. The third kappa shape index (κ3) is 5.04. The molecule has 0 amide bonds. The number of benzene rings is 2. The summed E-state index contributed by atoms with van der Waals surface area (Å²) in [6, 6.07) is 21.7. The van der Waals surface area contributed by atoms with E-state index in [2.05, 4.69) is 28.8 Å². The molecule has 1 aromatic heterocycles. The fourth-order valence-corrected chi connectivity index (χ4v) is 3.61. The third-order valence-corrected chi connectivity index (χ3v) is 5.33. The molecule has 6 heteroatoms. The zero-order valence-electron chi connectivity index (χ0n) is 15.9. The smallest absolute Gasteiger partial charge is 0.255 e. The first-order valence-corrected chi connectivity index (χ1v) is 10.6. The minimum absolute atomic E-state index is 0.178. The monoisotopic (exact) mass is 393 g/mol. The molecule has 2 aromatic carbocycles. The van der Waals surface area contributed by atoms with Crippen LogP contribution in [0.5, 0.6) is 0 Å². The zero-order chi connectivity index (χ0) is 20.0. The number of sulfonamides is 1. The van der Waals surface area contributed by atoms with Crippen molar-refractivity contribution in [1.29, 1.82) is 0 Å². The predicted octanol–water partition coefficient (Wildman–Crippen LogP) is 4.01. The number of hydrogen-bond donors (Lipinski definition) is 1. The molecule has 144 valence electrons. The molecule has 0 aliphatic heterocycles. The second-order valence-corrected chi connectivity index (χ2v) is 8.54. The topological polar surface area (TPSA) is 71.4 Å².